The number of rotatable bonds is 2. The van der Waals surface area contributed by atoms with E-state index in [1.54, 1.807) is 0 Å². The van der Waals surface area contributed by atoms with Crippen molar-refractivity contribution in [2.75, 3.05) is 0 Å². The first-order valence-corrected chi connectivity index (χ1v) is 2.72. The standard InChI is InChI=1S/C3H4N7O2.H3N/c4-2(5)1(10(11)12)3-6-8-9-7-3;/h(H4-,4,5,6,7,8,9);1H3/q-1;/p+1. The Morgan fingerprint density at radius 1 is 1.77 bits per heavy atom. The highest BCUT2D eigenvalue weighted by molar-refractivity contribution is 5.93. The van der Waals surface area contributed by atoms with E-state index < -0.39 is 16.5 Å². The molecule has 0 aromatic rings. The van der Waals surface area contributed by atoms with Crippen molar-refractivity contribution in [1.29, 1.82) is 5.41 Å². The van der Waals surface area contributed by atoms with E-state index in [-0.39, 0.29) is 12.0 Å². The first kappa shape index (κ1) is 10.8. The van der Waals surface area contributed by atoms with Crippen LogP contribution in [-0.2, 0) is 0 Å². The van der Waals surface area contributed by atoms with Crippen LogP contribution in [-0.4, -0.2) is 10.8 Å². The fraction of sp³-hybridized carbons (Fsp3) is 0. The van der Waals surface area contributed by atoms with Crippen LogP contribution in [0.25, 0.3) is 5.43 Å². The zero-order valence-corrected chi connectivity index (χ0v) is 6.68. The minimum atomic E-state index is -0.840. The zero-order valence-electron chi connectivity index (χ0n) is 6.68. The zero-order chi connectivity index (χ0) is 9.14. The van der Waals surface area contributed by atoms with Crippen molar-refractivity contribution < 1.29 is 4.92 Å². The number of nitro groups is 1. The summed E-state index contributed by atoms with van der Waals surface area (Å²) >= 11 is 0. The lowest BCUT2D eigenvalue weighted by Crippen LogP contribution is -2.20. The lowest BCUT2D eigenvalue weighted by atomic mass is 10.4. The highest BCUT2D eigenvalue weighted by Crippen LogP contribution is 2.16. The van der Waals surface area contributed by atoms with E-state index in [0.29, 0.717) is 0 Å². The molecule has 0 unspecified atom stereocenters. The number of quaternary nitrogens is 1. The van der Waals surface area contributed by atoms with Crippen LogP contribution < -0.4 is 17.4 Å². The van der Waals surface area contributed by atoms with Crippen LogP contribution in [0.4, 0.5) is 0 Å². The average Bonchev–Trinajstić information content (AvgIpc) is 2.37. The topological polar surface area (TPSA) is 180 Å². The van der Waals surface area contributed by atoms with Crippen LogP contribution in [0, 0.1) is 15.5 Å². The van der Waals surface area contributed by atoms with Crippen molar-refractivity contribution in [3.63, 3.8) is 0 Å². The summed E-state index contributed by atoms with van der Waals surface area (Å²) in [6.07, 6.45) is 0. The van der Waals surface area contributed by atoms with E-state index in [4.69, 9.17) is 11.1 Å². The summed E-state index contributed by atoms with van der Waals surface area (Å²) in [5.74, 6) is -1.01. The monoisotopic (exact) mass is 188 g/mol. The lowest BCUT2D eigenvalue weighted by molar-refractivity contribution is -0.416. The van der Waals surface area contributed by atoms with Crippen LogP contribution in [0.3, 0.4) is 0 Å². The maximum Gasteiger partial charge on any atom is 0.312 e. The van der Waals surface area contributed by atoms with E-state index in [0.717, 1.165) is 0 Å². The molecule has 72 valence electrons. The van der Waals surface area contributed by atoms with Crippen molar-refractivity contribution in [2.45, 2.75) is 0 Å². The Bertz CT molecular complexity index is 276. The minimum Gasteiger partial charge on any atom is -0.378 e. The molecule has 10 heteroatoms. The van der Waals surface area contributed by atoms with Gasteiger partial charge in [0.25, 0.3) is 0 Å². The smallest absolute Gasteiger partial charge is 0.312 e. The van der Waals surface area contributed by atoms with Crippen molar-refractivity contribution in [1.82, 2.24) is 11.7 Å². The van der Waals surface area contributed by atoms with Gasteiger partial charge < -0.3 is 22.4 Å². The third-order valence-electron chi connectivity index (χ3n) is 0.995. The SMILES string of the molecule is N=C(N)/C(=C1\N=NN[N-]1)[N+](=O)[O-].[NH4+]. The van der Waals surface area contributed by atoms with Gasteiger partial charge in [0.1, 0.15) is 0 Å². The third kappa shape index (κ3) is 2.10. The Morgan fingerprint density at radius 3 is 2.69 bits per heavy atom. The Labute approximate surface area is 72.1 Å². The summed E-state index contributed by atoms with van der Waals surface area (Å²) in [7, 11) is 0. The van der Waals surface area contributed by atoms with Crippen molar-refractivity contribution in [3.8, 4) is 0 Å². The summed E-state index contributed by atoms with van der Waals surface area (Å²) < 4.78 is 0. The van der Waals surface area contributed by atoms with Gasteiger partial charge in [-0.2, -0.15) is 5.22 Å². The number of nitrogens with one attached hydrogen (secondary N) is 2. The van der Waals surface area contributed by atoms with Gasteiger partial charge >= 0.3 is 5.70 Å². The van der Waals surface area contributed by atoms with Gasteiger partial charge in [-0.1, -0.05) is 0 Å². The number of hydrogen-bond donors (Lipinski definition) is 4. The van der Waals surface area contributed by atoms with Gasteiger partial charge in [-0.15, -0.1) is 0 Å². The fourth-order valence-electron chi connectivity index (χ4n) is 0.563. The van der Waals surface area contributed by atoms with Crippen LogP contribution >= 0.6 is 0 Å². The predicted octanol–water partition coefficient (Wildman–Crippen LogP) is 0.00347. The molecule has 0 aliphatic carbocycles. The third-order valence-corrected chi connectivity index (χ3v) is 0.995. The minimum absolute atomic E-state index is 0. The highest BCUT2D eigenvalue weighted by atomic mass is 16.6. The van der Waals surface area contributed by atoms with Crippen molar-refractivity contribution >= 4 is 5.84 Å². The van der Waals surface area contributed by atoms with Gasteiger partial charge in [-0.05, 0) is 0 Å². The van der Waals surface area contributed by atoms with E-state index in [2.05, 4.69) is 15.8 Å². The van der Waals surface area contributed by atoms with Gasteiger partial charge in [0.15, 0.2) is 5.84 Å². The molecule has 1 heterocycles. The van der Waals surface area contributed by atoms with Crippen LogP contribution in [0.5, 0.6) is 0 Å². The summed E-state index contributed by atoms with van der Waals surface area (Å²) in [6.45, 7) is 0. The molecule has 0 spiro atoms. The van der Waals surface area contributed by atoms with Gasteiger partial charge in [-0.3, -0.25) is 21.1 Å². The molecule has 0 saturated heterocycles. The number of amidine groups is 1. The van der Waals surface area contributed by atoms with Crippen LogP contribution in [0.2, 0.25) is 0 Å². The largest absolute Gasteiger partial charge is 0.378 e. The quantitative estimate of drug-likeness (QED) is 0.206. The maximum absolute atomic E-state index is 10.3. The molecule has 0 aromatic heterocycles. The number of nitrogens with zero attached hydrogens (tertiary/aromatic N) is 4. The first-order valence-electron chi connectivity index (χ1n) is 2.72. The molecule has 0 saturated carbocycles. The summed E-state index contributed by atoms with van der Waals surface area (Å²) in [5, 5.41) is 23.5. The second kappa shape index (κ2) is 3.96. The maximum atomic E-state index is 10.3. The Kier molecular flexibility index (Phi) is 3.28. The highest BCUT2D eigenvalue weighted by Gasteiger charge is 2.17. The van der Waals surface area contributed by atoms with E-state index in [9.17, 15) is 10.1 Å². The normalized spacial score (nSPS) is 16.6. The van der Waals surface area contributed by atoms with Gasteiger partial charge in [0, 0.05) is 0 Å². The first-order chi connectivity index (χ1) is 5.63. The Balaban J connectivity index is 0.00000144. The molecule has 0 radical (unpaired) electrons. The predicted molar refractivity (Wildman–Crippen MR) is 43.3 cm³/mol. The molecule has 0 fully saturated rings. The molecular formula is C3H8N8O2. The van der Waals surface area contributed by atoms with Gasteiger partial charge in [-0.25, -0.2) is 0 Å². The average molecular weight is 188 g/mol. The molecule has 1 aliphatic heterocycles. The molecule has 0 amide bonds. The molecule has 0 bridgehead atoms. The second-order valence-corrected chi connectivity index (χ2v) is 1.75. The van der Waals surface area contributed by atoms with Gasteiger partial charge in [0.2, 0.25) is 0 Å². The van der Waals surface area contributed by atoms with Crippen molar-refractivity contribution in [3.05, 3.63) is 27.1 Å². The Hall–Kier alpha value is -2.23. The summed E-state index contributed by atoms with van der Waals surface area (Å²) in [4.78, 5) is 9.43. The van der Waals surface area contributed by atoms with Crippen molar-refractivity contribution in [2.24, 2.45) is 16.1 Å². The van der Waals surface area contributed by atoms with Crippen LogP contribution in [0.15, 0.2) is 21.9 Å². The van der Waals surface area contributed by atoms with E-state index >= 15 is 0 Å². The molecule has 0 aromatic carbocycles. The second-order valence-electron chi connectivity index (χ2n) is 1.75. The fourth-order valence-corrected chi connectivity index (χ4v) is 0.563. The van der Waals surface area contributed by atoms with Gasteiger partial charge in [0.05, 0.1) is 10.7 Å². The van der Waals surface area contributed by atoms with E-state index in [1.165, 1.54) is 0 Å². The number of hydrogen-bond acceptors (Lipinski definition) is 6. The Morgan fingerprint density at radius 2 is 2.38 bits per heavy atom. The molecule has 1 rings (SSSR count). The van der Waals surface area contributed by atoms with E-state index in [1.807, 2.05) is 5.53 Å². The van der Waals surface area contributed by atoms with Crippen LogP contribution in [0.1, 0.15) is 0 Å². The molecular weight excluding hydrogens is 180 g/mol. The molecule has 0 atom stereocenters. The molecule has 1 aliphatic rings. The summed E-state index contributed by atoms with van der Waals surface area (Å²) in [6, 6.07) is 0. The molecule has 10 nitrogen and oxygen atoms in total. The lowest BCUT2D eigenvalue weighted by Gasteiger charge is -2.04. The number of nitrogens with two attached hydrogens (primary N) is 1. The molecule has 8 N–H and O–H groups in total. The molecule has 13 heavy (non-hydrogen) atoms. The summed E-state index contributed by atoms with van der Waals surface area (Å²) in [5.41, 5.74) is 9.59.